The second kappa shape index (κ2) is 9.89. The quantitative estimate of drug-likeness (QED) is 0.346. The van der Waals surface area contributed by atoms with E-state index in [1.165, 1.54) is 6.92 Å². The molecule has 30 heavy (non-hydrogen) atoms. The Labute approximate surface area is 185 Å². The predicted molar refractivity (Wildman–Crippen MR) is 122 cm³/mol. The van der Waals surface area contributed by atoms with Gasteiger partial charge in [-0.25, -0.2) is 0 Å². The molecule has 0 aliphatic heterocycles. The van der Waals surface area contributed by atoms with Crippen molar-refractivity contribution in [3.8, 4) is 5.75 Å². The maximum Gasteiger partial charge on any atom is 0.221 e. The summed E-state index contributed by atoms with van der Waals surface area (Å²) in [5.74, 6) is -0.108. The lowest BCUT2D eigenvalue weighted by molar-refractivity contribution is -0.114. The van der Waals surface area contributed by atoms with Crippen molar-refractivity contribution in [2.45, 2.75) is 36.3 Å². The number of benzene rings is 3. The summed E-state index contributed by atoms with van der Waals surface area (Å²) < 4.78 is 0. The molecule has 0 aliphatic rings. The van der Waals surface area contributed by atoms with Crippen molar-refractivity contribution in [3.63, 3.8) is 0 Å². The van der Waals surface area contributed by atoms with Crippen LogP contribution in [0.3, 0.4) is 0 Å². The molecule has 1 unspecified atom stereocenters. The van der Waals surface area contributed by atoms with Gasteiger partial charge in [-0.05, 0) is 55.0 Å². The molecule has 0 spiro atoms. The zero-order valence-corrected chi connectivity index (χ0v) is 18.2. The number of nitrogens with one attached hydrogen (secondary N) is 2. The summed E-state index contributed by atoms with van der Waals surface area (Å²) in [7, 11) is 0. The number of aliphatic hydroxyl groups excluding tert-OH is 1. The number of hydrogen-bond donors (Lipinski definition) is 4. The van der Waals surface area contributed by atoms with Crippen LogP contribution in [0.25, 0.3) is 0 Å². The van der Waals surface area contributed by atoms with Gasteiger partial charge in [-0.15, -0.1) is 0 Å². The summed E-state index contributed by atoms with van der Waals surface area (Å²) in [6.07, 6.45) is -0.826. The topological polar surface area (TPSA) is 81.6 Å². The Hall–Kier alpha value is -2.67. The molecule has 1 amide bonds. The molecule has 0 radical (unpaired) electrons. The van der Waals surface area contributed by atoms with E-state index in [-0.39, 0.29) is 11.7 Å². The number of amides is 1. The Morgan fingerprint density at radius 3 is 2.50 bits per heavy atom. The zero-order valence-electron chi connectivity index (χ0n) is 16.6. The second-order valence-corrected chi connectivity index (χ2v) is 8.39. The van der Waals surface area contributed by atoms with Crippen molar-refractivity contribution >= 4 is 40.6 Å². The van der Waals surface area contributed by atoms with Gasteiger partial charge in [0.1, 0.15) is 5.75 Å². The normalized spacial score (nSPS) is 11.7. The van der Waals surface area contributed by atoms with E-state index in [1.807, 2.05) is 48.5 Å². The van der Waals surface area contributed by atoms with E-state index < -0.39 is 6.10 Å². The molecule has 0 aliphatic carbocycles. The second-order valence-electron chi connectivity index (χ2n) is 6.84. The molecule has 0 heterocycles. The van der Waals surface area contributed by atoms with Crippen molar-refractivity contribution in [3.05, 3.63) is 76.8 Å². The third kappa shape index (κ3) is 5.69. The molecule has 5 nitrogen and oxygen atoms in total. The highest BCUT2D eigenvalue weighted by Crippen LogP contribution is 2.36. The first-order valence-electron chi connectivity index (χ1n) is 9.41. The van der Waals surface area contributed by atoms with Crippen LogP contribution in [0.5, 0.6) is 5.75 Å². The fraction of sp³-hybridized carbons (Fsp3) is 0.174. The van der Waals surface area contributed by atoms with Gasteiger partial charge in [0, 0.05) is 39.5 Å². The summed E-state index contributed by atoms with van der Waals surface area (Å²) in [6, 6.07) is 18.8. The smallest absolute Gasteiger partial charge is 0.221 e. The van der Waals surface area contributed by atoms with E-state index in [1.54, 1.807) is 30.8 Å². The molecular weight excluding hydrogens is 420 g/mol. The minimum Gasteiger partial charge on any atom is -0.505 e. The van der Waals surface area contributed by atoms with E-state index >= 15 is 0 Å². The highest BCUT2D eigenvalue weighted by molar-refractivity contribution is 7.99. The average molecular weight is 443 g/mol. The van der Waals surface area contributed by atoms with Crippen LogP contribution in [0.4, 0.5) is 11.4 Å². The Bertz CT molecular complexity index is 1040. The van der Waals surface area contributed by atoms with E-state index in [0.29, 0.717) is 22.8 Å². The molecule has 1 atom stereocenters. The van der Waals surface area contributed by atoms with Gasteiger partial charge in [0.2, 0.25) is 5.91 Å². The van der Waals surface area contributed by atoms with E-state index in [9.17, 15) is 15.0 Å². The first-order chi connectivity index (χ1) is 14.3. The largest absolute Gasteiger partial charge is 0.505 e. The number of carbonyl (C=O) groups excluding carboxylic acids is 1. The van der Waals surface area contributed by atoms with Gasteiger partial charge in [-0.1, -0.05) is 41.6 Å². The van der Waals surface area contributed by atoms with Gasteiger partial charge < -0.3 is 20.8 Å². The zero-order chi connectivity index (χ0) is 21.7. The maximum absolute atomic E-state index is 11.2. The number of anilines is 2. The van der Waals surface area contributed by atoms with E-state index in [2.05, 4.69) is 10.6 Å². The van der Waals surface area contributed by atoms with Crippen molar-refractivity contribution < 1.29 is 15.0 Å². The summed E-state index contributed by atoms with van der Waals surface area (Å²) in [4.78, 5) is 13.3. The fourth-order valence-electron chi connectivity index (χ4n) is 2.95. The summed E-state index contributed by atoms with van der Waals surface area (Å²) in [5.41, 5.74) is 2.66. The molecule has 3 aromatic carbocycles. The van der Waals surface area contributed by atoms with Crippen molar-refractivity contribution in [1.29, 1.82) is 0 Å². The number of hydrogen-bond acceptors (Lipinski definition) is 5. The number of phenols is 1. The summed E-state index contributed by atoms with van der Waals surface area (Å²) in [5, 5.41) is 26.7. The number of carbonyl (C=O) groups is 1. The number of phenolic OH excluding ortho intramolecular Hbond substituents is 1. The predicted octanol–water partition coefficient (Wildman–Crippen LogP) is 5.82. The molecular formula is C23H23ClN2O3S. The minimum atomic E-state index is -0.826. The van der Waals surface area contributed by atoms with Gasteiger partial charge in [-0.2, -0.15) is 0 Å². The van der Waals surface area contributed by atoms with Crippen molar-refractivity contribution in [1.82, 2.24) is 0 Å². The van der Waals surface area contributed by atoms with E-state index in [4.69, 9.17) is 11.6 Å². The highest BCUT2D eigenvalue weighted by atomic mass is 35.5. The van der Waals surface area contributed by atoms with Crippen LogP contribution in [-0.2, 0) is 11.3 Å². The van der Waals surface area contributed by atoms with Crippen LogP contribution in [-0.4, -0.2) is 16.1 Å². The van der Waals surface area contributed by atoms with Gasteiger partial charge in [-0.3, -0.25) is 4.79 Å². The molecule has 3 rings (SSSR count). The first-order valence-corrected chi connectivity index (χ1v) is 10.6. The highest BCUT2D eigenvalue weighted by Gasteiger charge is 2.14. The lowest BCUT2D eigenvalue weighted by atomic mass is 10.1. The maximum atomic E-state index is 11.2. The van der Waals surface area contributed by atoms with Gasteiger partial charge >= 0.3 is 0 Å². The number of aliphatic hydroxyl groups is 1. The molecule has 4 N–H and O–H groups in total. The van der Waals surface area contributed by atoms with Crippen molar-refractivity contribution in [2.24, 2.45) is 0 Å². The van der Waals surface area contributed by atoms with Gasteiger partial charge in [0.05, 0.1) is 11.8 Å². The Morgan fingerprint density at radius 1 is 1.13 bits per heavy atom. The Balaban J connectivity index is 1.76. The van der Waals surface area contributed by atoms with Crippen LogP contribution in [0.1, 0.15) is 31.1 Å². The SMILES string of the molecule is CC(=O)Nc1ccc(Sc2ccccc2CNc2cc(Cl)cc(C(C)O)c2O)cc1. The Morgan fingerprint density at radius 2 is 1.83 bits per heavy atom. The van der Waals surface area contributed by atoms with Gasteiger partial charge in [0.25, 0.3) is 0 Å². The molecule has 0 saturated heterocycles. The average Bonchev–Trinajstić information content (AvgIpc) is 2.70. The van der Waals surface area contributed by atoms with Gasteiger partial charge in [0.15, 0.2) is 0 Å². The monoisotopic (exact) mass is 442 g/mol. The lowest BCUT2D eigenvalue weighted by Crippen LogP contribution is -2.05. The van der Waals surface area contributed by atoms with Crippen LogP contribution in [0.2, 0.25) is 5.02 Å². The van der Waals surface area contributed by atoms with Crippen molar-refractivity contribution in [2.75, 3.05) is 10.6 Å². The molecule has 0 aromatic heterocycles. The molecule has 0 saturated carbocycles. The number of aromatic hydroxyl groups is 1. The number of rotatable bonds is 7. The summed E-state index contributed by atoms with van der Waals surface area (Å²) in [6.45, 7) is 3.53. The van der Waals surface area contributed by atoms with Crippen LogP contribution in [0, 0.1) is 0 Å². The Kier molecular flexibility index (Phi) is 7.26. The van der Waals surface area contributed by atoms with Crippen LogP contribution >= 0.6 is 23.4 Å². The first kappa shape index (κ1) is 22.0. The molecule has 156 valence electrons. The standard InChI is InChI=1S/C23H23ClN2O3S/c1-14(27)20-11-17(24)12-21(23(20)29)25-13-16-5-3-4-6-22(16)30-19-9-7-18(8-10-19)26-15(2)28/h3-12,14,25,27,29H,13H2,1-2H3,(H,26,28). The molecule has 0 bridgehead atoms. The molecule has 7 heteroatoms. The molecule has 0 fully saturated rings. The van der Waals surface area contributed by atoms with Crippen LogP contribution in [0.15, 0.2) is 70.5 Å². The third-order valence-corrected chi connectivity index (χ3v) is 5.74. The minimum absolute atomic E-state index is 0.00639. The lowest BCUT2D eigenvalue weighted by Gasteiger charge is -2.16. The van der Waals surface area contributed by atoms with Crippen LogP contribution < -0.4 is 10.6 Å². The third-order valence-electron chi connectivity index (χ3n) is 4.40. The molecule has 3 aromatic rings. The summed E-state index contributed by atoms with van der Waals surface area (Å²) >= 11 is 7.75. The van der Waals surface area contributed by atoms with E-state index in [0.717, 1.165) is 21.0 Å². The fourth-order valence-corrected chi connectivity index (χ4v) is 4.12. The number of halogens is 1.